The zero-order valence-corrected chi connectivity index (χ0v) is 18.8. The van der Waals surface area contributed by atoms with Crippen molar-refractivity contribution in [2.75, 3.05) is 0 Å². The van der Waals surface area contributed by atoms with Crippen LogP contribution in [0.25, 0.3) is 0 Å². The van der Waals surface area contributed by atoms with Gasteiger partial charge >= 0.3 is 11.9 Å². The monoisotopic (exact) mass is 444 g/mol. The predicted molar refractivity (Wildman–Crippen MR) is 113 cm³/mol. The van der Waals surface area contributed by atoms with Crippen molar-refractivity contribution < 1.29 is 34.2 Å². The van der Waals surface area contributed by atoms with Crippen LogP contribution >= 0.6 is 0 Å². The third kappa shape index (κ3) is 10.8. The Balaban J connectivity index is 5.15. The van der Waals surface area contributed by atoms with E-state index in [0.717, 1.165) is 0 Å². The molecule has 0 fully saturated rings. The average molecular weight is 445 g/mol. The second-order valence-corrected chi connectivity index (χ2v) is 8.16. The van der Waals surface area contributed by atoms with E-state index < -0.39 is 60.2 Å². The first-order valence-corrected chi connectivity index (χ1v) is 10.4. The largest absolute Gasteiger partial charge is 0.481 e. The van der Waals surface area contributed by atoms with Crippen LogP contribution in [0.1, 0.15) is 60.3 Å². The molecule has 11 heteroatoms. The van der Waals surface area contributed by atoms with Crippen LogP contribution in [0.5, 0.6) is 0 Å². The Morgan fingerprint density at radius 3 is 1.84 bits per heavy atom. The minimum absolute atomic E-state index is 0.0120. The predicted octanol–water partition coefficient (Wildman–Crippen LogP) is -0.170. The third-order valence-electron chi connectivity index (χ3n) is 4.91. The second kappa shape index (κ2) is 13.6. The van der Waals surface area contributed by atoms with E-state index in [9.17, 15) is 29.1 Å². The smallest absolute Gasteiger partial charge is 0.326 e. The molecule has 3 amide bonds. The lowest BCUT2D eigenvalue weighted by Crippen LogP contribution is -2.57. The van der Waals surface area contributed by atoms with E-state index in [2.05, 4.69) is 16.0 Å². The Morgan fingerprint density at radius 2 is 1.39 bits per heavy atom. The van der Waals surface area contributed by atoms with Gasteiger partial charge in [-0.25, -0.2) is 4.79 Å². The van der Waals surface area contributed by atoms with Crippen LogP contribution in [-0.4, -0.2) is 64.0 Å². The van der Waals surface area contributed by atoms with Gasteiger partial charge in [-0.2, -0.15) is 0 Å². The summed E-state index contributed by atoms with van der Waals surface area (Å²) >= 11 is 0. The summed E-state index contributed by atoms with van der Waals surface area (Å²) in [5, 5.41) is 25.3. The normalized spacial score (nSPS) is 15.8. The molecule has 0 spiro atoms. The molecule has 0 aromatic heterocycles. The fourth-order valence-corrected chi connectivity index (χ4v) is 2.68. The van der Waals surface area contributed by atoms with Gasteiger partial charge in [-0.15, -0.1) is 0 Å². The number of rotatable bonds is 14. The highest BCUT2D eigenvalue weighted by Gasteiger charge is 2.30. The summed E-state index contributed by atoms with van der Waals surface area (Å²) in [6.45, 7) is 8.81. The van der Waals surface area contributed by atoms with Crippen molar-refractivity contribution in [3.63, 3.8) is 0 Å². The molecule has 0 rings (SSSR count). The van der Waals surface area contributed by atoms with Gasteiger partial charge in [0.05, 0.1) is 6.04 Å². The Kier molecular flexibility index (Phi) is 12.4. The number of carbonyl (C=O) groups is 5. The maximum Gasteiger partial charge on any atom is 0.326 e. The molecule has 0 aliphatic carbocycles. The van der Waals surface area contributed by atoms with Crippen molar-refractivity contribution in [2.45, 2.75) is 84.5 Å². The van der Waals surface area contributed by atoms with E-state index in [4.69, 9.17) is 10.8 Å². The lowest BCUT2D eigenvalue weighted by molar-refractivity contribution is -0.143. The molecule has 5 atom stereocenters. The van der Waals surface area contributed by atoms with E-state index in [0.29, 0.717) is 6.42 Å². The lowest BCUT2D eigenvalue weighted by Gasteiger charge is -2.25. The fourth-order valence-electron chi connectivity index (χ4n) is 2.68. The summed E-state index contributed by atoms with van der Waals surface area (Å²) < 4.78 is 0. The molecule has 7 N–H and O–H groups in total. The Bertz CT molecular complexity index is 653. The third-order valence-corrected chi connectivity index (χ3v) is 4.91. The molecule has 0 saturated heterocycles. The summed E-state index contributed by atoms with van der Waals surface area (Å²) in [6, 6.07) is -4.20. The quantitative estimate of drug-likeness (QED) is 0.213. The molecule has 31 heavy (non-hydrogen) atoms. The lowest BCUT2D eigenvalue weighted by atomic mass is 9.99. The summed E-state index contributed by atoms with van der Waals surface area (Å²) in [7, 11) is 0. The highest BCUT2D eigenvalue weighted by molar-refractivity contribution is 5.94. The Labute approximate surface area is 182 Å². The molecule has 0 aromatic carbocycles. The SMILES string of the molecule is CCC(C)C(N)C(=O)NC(C)C(=O)NC(CC(C)C)C(=O)NC(CCC(=O)O)C(=O)O. The number of carboxylic acid groups (broad SMARTS) is 2. The molecule has 0 aliphatic heterocycles. The molecule has 0 bridgehead atoms. The van der Waals surface area contributed by atoms with Gasteiger partial charge in [0.2, 0.25) is 17.7 Å². The zero-order valence-electron chi connectivity index (χ0n) is 18.8. The molecule has 0 heterocycles. The highest BCUT2D eigenvalue weighted by Crippen LogP contribution is 2.08. The maximum atomic E-state index is 12.6. The standard InChI is InChI=1S/C20H36N4O7/c1-6-11(4)16(21)19(29)22-12(5)17(27)24-14(9-10(2)3)18(28)23-13(20(30)31)7-8-15(25)26/h10-14,16H,6-9,21H2,1-5H3,(H,22,29)(H,23,28)(H,24,27)(H,25,26)(H,30,31). The topological polar surface area (TPSA) is 188 Å². The molecule has 178 valence electrons. The first-order chi connectivity index (χ1) is 14.3. The average Bonchev–Trinajstić information content (AvgIpc) is 2.67. The van der Waals surface area contributed by atoms with Crippen molar-refractivity contribution in [2.24, 2.45) is 17.6 Å². The molecular weight excluding hydrogens is 408 g/mol. The van der Waals surface area contributed by atoms with Crippen molar-refractivity contribution in [1.82, 2.24) is 16.0 Å². The number of nitrogens with two attached hydrogens (primary N) is 1. The van der Waals surface area contributed by atoms with E-state index in [1.807, 2.05) is 27.7 Å². The number of carbonyl (C=O) groups excluding carboxylic acids is 3. The van der Waals surface area contributed by atoms with Gasteiger partial charge < -0.3 is 31.9 Å². The minimum atomic E-state index is -1.40. The van der Waals surface area contributed by atoms with Gasteiger partial charge in [-0.05, 0) is 31.6 Å². The van der Waals surface area contributed by atoms with E-state index in [1.54, 1.807) is 0 Å². The number of hydrogen-bond donors (Lipinski definition) is 6. The van der Waals surface area contributed by atoms with Crippen LogP contribution in [0.3, 0.4) is 0 Å². The fraction of sp³-hybridized carbons (Fsp3) is 0.750. The van der Waals surface area contributed by atoms with Crippen molar-refractivity contribution in [1.29, 1.82) is 0 Å². The molecule has 11 nitrogen and oxygen atoms in total. The van der Waals surface area contributed by atoms with Crippen molar-refractivity contribution in [3.05, 3.63) is 0 Å². The van der Waals surface area contributed by atoms with E-state index in [1.165, 1.54) is 6.92 Å². The molecule has 0 saturated carbocycles. The Hall–Kier alpha value is -2.69. The number of nitrogens with one attached hydrogen (secondary N) is 3. The van der Waals surface area contributed by atoms with Crippen LogP contribution in [0, 0.1) is 11.8 Å². The summed E-state index contributed by atoms with van der Waals surface area (Å²) in [6.07, 6.45) is 0.185. The van der Waals surface area contributed by atoms with Crippen LogP contribution < -0.4 is 21.7 Å². The van der Waals surface area contributed by atoms with E-state index in [-0.39, 0.29) is 24.7 Å². The molecular formula is C20H36N4O7. The summed E-state index contributed by atoms with van der Waals surface area (Å²) in [5.74, 6) is -4.49. The minimum Gasteiger partial charge on any atom is -0.481 e. The molecule has 5 unspecified atom stereocenters. The molecule has 0 radical (unpaired) electrons. The second-order valence-electron chi connectivity index (χ2n) is 8.16. The summed E-state index contributed by atoms with van der Waals surface area (Å²) in [4.78, 5) is 59.4. The molecule has 0 aliphatic rings. The van der Waals surface area contributed by atoms with Crippen LogP contribution in [0.2, 0.25) is 0 Å². The van der Waals surface area contributed by atoms with Gasteiger partial charge in [-0.3, -0.25) is 19.2 Å². The number of hydrogen-bond acceptors (Lipinski definition) is 6. The van der Waals surface area contributed by atoms with Crippen molar-refractivity contribution >= 4 is 29.7 Å². The zero-order chi connectivity index (χ0) is 24.3. The van der Waals surface area contributed by atoms with Gasteiger partial charge in [0.1, 0.15) is 18.1 Å². The summed E-state index contributed by atoms with van der Waals surface area (Å²) in [5.41, 5.74) is 5.86. The maximum absolute atomic E-state index is 12.6. The van der Waals surface area contributed by atoms with Gasteiger partial charge in [0.15, 0.2) is 0 Å². The van der Waals surface area contributed by atoms with Gasteiger partial charge in [0.25, 0.3) is 0 Å². The van der Waals surface area contributed by atoms with Crippen LogP contribution in [-0.2, 0) is 24.0 Å². The number of amides is 3. The van der Waals surface area contributed by atoms with Gasteiger partial charge in [0, 0.05) is 6.42 Å². The van der Waals surface area contributed by atoms with Crippen LogP contribution in [0.15, 0.2) is 0 Å². The van der Waals surface area contributed by atoms with Crippen LogP contribution in [0.4, 0.5) is 0 Å². The molecule has 0 aromatic rings. The van der Waals surface area contributed by atoms with Crippen molar-refractivity contribution in [3.8, 4) is 0 Å². The number of aliphatic carboxylic acids is 2. The Morgan fingerprint density at radius 1 is 0.839 bits per heavy atom. The first kappa shape index (κ1) is 28.3. The highest BCUT2D eigenvalue weighted by atomic mass is 16.4. The number of carboxylic acids is 2. The first-order valence-electron chi connectivity index (χ1n) is 10.4. The van der Waals surface area contributed by atoms with Gasteiger partial charge in [-0.1, -0.05) is 34.1 Å². The van der Waals surface area contributed by atoms with E-state index >= 15 is 0 Å².